The van der Waals surface area contributed by atoms with Gasteiger partial charge in [-0.25, -0.2) is 0 Å². The van der Waals surface area contributed by atoms with E-state index in [-0.39, 0.29) is 11.8 Å². The molecule has 21 heavy (non-hydrogen) atoms. The number of aromatic amines is 1. The Morgan fingerprint density at radius 1 is 1.48 bits per heavy atom. The van der Waals surface area contributed by atoms with Crippen molar-refractivity contribution in [2.75, 3.05) is 31.6 Å². The number of hydrogen-bond donors (Lipinski definition) is 2. The number of anilines is 1. The molecule has 0 spiro atoms. The van der Waals surface area contributed by atoms with E-state index < -0.39 is 0 Å². The number of carbonyl (C=O) groups excluding carboxylic acids is 1. The van der Waals surface area contributed by atoms with Gasteiger partial charge in [-0.1, -0.05) is 0 Å². The van der Waals surface area contributed by atoms with Crippen LogP contribution in [0.1, 0.15) is 30.9 Å². The zero-order valence-electron chi connectivity index (χ0n) is 11.8. The lowest BCUT2D eigenvalue weighted by Crippen LogP contribution is -2.25. The van der Waals surface area contributed by atoms with E-state index in [9.17, 15) is 4.79 Å². The summed E-state index contributed by atoms with van der Waals surface area (Å²) >= 11 is 0. The number of rotatable bonds is 3. The molecule has 7 nitrogen and oxygen atoms in total. The maximum Gasteiger partial charge on any atom is 0.230 e. The average Bonchev–Trinajstić information content (AvgIpc) is 3.17. The fourth-order valence-corrected chi connectivity index (χ4v) is 2.91. The number of H-pyrrole nitrogens is 1. The van der Waals surface area contributed by atoms with Crippen molar-refractivity contribution in [3.05, 3.63) is 11.8 Å². The van der Waals surface area contributed by atoms with Crippen LogP contribution in [0.15, 0.2) is 6.07 Å². The van der Waals surface area contributed by atoms with Crippen LogP contribution in [-0.2, 0) is 9.53 Å². The van der Waals surface area contributed by atoms with E-state index >= 15 is 0 Å². The largest absolute Gasteiger partial charge is 0.381 e. The predicted octanol–water partition coefficient (Wildman–Crippen LogP) is 1.05. The van der Waals surface area contributed by atoms with Gasteiger partial charge in [-0.2, -0.15) is 10.4 Å². The molecule has 3 rings (SSSR count). The lowest BCUT2D eigenvalue weighted by atomic mass is 9.97. The van der Waals surface area contributed by atoms with Gasteiger partial charge in [0.05, 0.1) is 5.92 Å². The molecule has 2 N–H and O–H groups in total. The van der Waals surface area contributed by atoms with Crippen molar-refractivity contribution in [3.8, 4) is 6.19 Å². The van der Waals surface area contributed by atoms with Gasteiger partial charge < -0.3 is 15.0 Å². The molecule has 7 heteroatoms. The third-order valence-electron chi connectivity index (χ3n) is 4.21. The third kappa shape index (κ3) is 3.16. The van der Waals surface area contributed by atoms with Crippen molar-refractivity contribution in [1.82, 2.24) is 15.1 Å². The average molecular weight is 289 g/mol. The van der Waals surface area contributed by atoms with Crippen LogP contribution in [0.25, 0.3) is 0 Å². The topological polar surface area (TPSA) is 94.0 Å². The molecule has 2 fully saturated rings. The van der Waals surface area contributed by atoms with Gasteiger partial charge in [0.1, 0.15) is 0 Å². The predicted molar refractivity (Wildman–Crippen MR) is 75.3 cm³/mol. The molecule has 2 aliphatic heterocycles. The molecule has 0 saturated carbocycles. The van der Waals surface area contributed by atoms with E-state index in [1.807, 2.05) is 6.07 Å². The second kappa shape index (κ2) is 6.14. The van der Waals surface area contributed by atoms with Crippen LogP contribution >= 0.6 is 0 Å². The molecule has 2 saturated heterocycles. The van der Waals surface area contributed by atoms with E-state index in [0.29, 0.717) is 24.8 Å². The molecule has 1 atom stereocenters. The highest BCUT2D eigenvalue weighted by Crippen LogP contribution is 2.27. The van der Waals surface area contributed by atoms with E-state index in [4.69, 9.17) is 10.00 Å². The van der Waals surface area contributed by atoms with Gasteiger partial charge >= 0.3 is 0 Å². The molecule has 3 heterocycles. The Hall–Kier alpha value is -2.07. The summed E-state index contributed by atoms with van der Waals surface area (Å²) in [6, 6.07) is 1.91. The van der Waals surface area contributed by atoms with Crippen molar-refractivity contribution in [3.63, 3.8) is 0 Å². The van der Waals surface area contributed by atoms with Crippen molar-refractivity contribution >= 4 is 11.7 Å². The Balaban J connectivity index is 1.57. The van der Waals surface area contributed by atoms with Crippen LogP contribution in [-0.4, -0.2) is 47.3 Å². The SMILES string of the molecule is N#CN1CCC(C(=O)Nc2cc(C3CCOCC3)[nH]n2)C1. The molecule has 1 amide bonds. The molecule has 1 aromatic rings. The minimum atomic E-state index is -0.132. The first-order valence-electron chi connectivity index (χ1n) is 7.35. The highest BCUT2D eigenvalue weighted by molar-refractivity contribution is 5.92. The number of nitrogens with one attached hydrogen (secondary N) is 2. The highest BCUT2D eigenvalue weighted by atomic mass is 16.5. The van der Waals surface area contributed by atoms with Crippen molar-refractivity contribution in [2.24, 2.45) is 5.92 Å². The summed E-state index contributed by atoms with van der Waals surface area (Å²) in [4.78, 5) is 13.8. The number of nitrogens with zero attached hydrogens (tertiary/aromatic N) is 3. The number of ether oxygens (including phenoxy) is 1. The van der Waals surface area contributed by atoms with Crippen LogP contribution < -0.4 is 5.32 Å². The molecular formula is C14H19N5O2. The van der Waals surface area contributed by atoms with Crippen molar-refractivity contribution < 1.29 is 9.53 Å². The van der Waals surface area contributed by atoms with Crippen LogP contribution in [0.4, 0.5) is 5.82 Å². The summed E-state index contributed by atoms with van der Waals surface area (Å²) in [7, 11) is 0. The smallest absolute Gasteiger partial charge is 0.230 e. The van der Waals surface area contributed by atoms with Crippen molar-refractivity contribution in [2.45, 2.75) is 25.2 Å². The second-order valence-electron chi connectivity index (χ2n) is 5.62. The number of aromatic nitrogens is 2. The van der Waals surface area contributed by atoms with Crippen LogP contribution in [0.2, 0.25) is 0 Å². The monoisotopic (exact) mass is 289 g/mol. The molecule has 0 radical (unpaired) electrons. The van der Waals surface area contributed by atoms with Gasteiger partial charge in [0, 0.05) is 44.0 Å². The van der Waals surface area contributed by atoms with Gasteiger partial charge in [-0.15, -0.1) is 0 Å². The molecule has 112 valence electrons. The van der Waals surface area contributed by atoms with Crippen molar-refractivity contribution in [1.29, 1.82) is 5.26 Å². The Bertz CT molecular complexity index is 544. The number of hydrogen-bond acceptors (Lipinski definition) is 5. The van der Waals surface area contributed by atoms with E-state index in [2.05, 4.69) is 21.7 Å². The molecule has 0 aromatic carbocycles. The summed E-state index contributed by atoms with van der Waals surface area (Å²) in [6.45, 7) is 2.71. The van der Waals surface area contributed by atoms with E-state index in [1.54, 1.807) is 4.90 Å². The zero-order chi connectivity index (χ0) is 14.7. The summed E-state index contributed by atoms with van der Waals surface area (Å²) in [5, 5.41) is 18.8. The first-order valence-corrected chi connectivity index (χ1v) is 7.35. The zero-order valence-corrected chi connectivity index (χ0v) is 11.8. The minimum Gasteiger partial charge on any atom is -0.381 e. The normalized spacial score (nSPS) is 23.0. The van der Waals surface area contributed by atoms with Crippen LogP contribution in [0.5, 0.6) is 0 Å². The van der Waals surface area contributed by atoms with Crippen LogP contribution in [0.3, 0.4) is 0 Å². The highest BCUT2D eigenvalue weighted by Gasteiger charge is 2.28. The number of carbonyl (C=O) groups is 1. The lowest BCUT2D eigenvalue weighted by Gasteiger charge is -2.20. The Morgan fingerprint density at radius 2 is 2.29 bits per heavy atom. The molecule has 0 aliphatic carbocycles. The van der Waals surface area contributed by atoms with E-state index in [1.165, 1.54) is 0 Å². The van der Waals surface area contributed by atoms with Crippen LogP contribution in [0, 0.1) is 17.4 Å². The first kappa shape index (κ1) is 13.9. The fraction of sp³-hybridized carbons (Fsp3) is 0.643. The summed E-state index contributed by atoms with van der Waals surface area (Å²) < 4.78 is 5.35. The number of likely N-dealkylation sites (tertiary alicyclic amines) is 1. The maximum absolute atomic E-state index is 12.1. The lowest BCUT2D eigenvalue weighted by molar-refractivity contribution is -0.119. The quantitative estimate of drug-likeness (QED) is 0.811. The van der Waals surface area contributed by atoms with Gasteiger partial charge in [0.15, 0.2) is 12.0 Å². The summed E-state index contributed by atoms with van der Waals surface area (Å²) in [6.07, 6.45) is 4.76. The fourth-order valence-electron chi connectivity index (χ4n) is 2.91. The second-order valence-corrected chi connectivity index (χ2v) is 5.62. The van der Waals surface area contributed by atoms with Gasteiger partial charge in [-0.05, 0) is 19.3 Å². The summed E-state index contributed by atoms with van der Waals surface area (Å²) in [5.41, 5.74) is 1.05. The molecule has 2 aliphatic rings. The summed E-state index contributed by atoms with van der Waals surface area (Å²) in [5.74, 6) is 0.806. The third-order valence-corrected chi connectivity index (χ3v) is 4.21. The molecular weight excluding hydrogens is 270 g/mol. The Kier molecular flexibility index (Phi) is 4.06. The van der Waals surface area contributed by atoms with Gasteiger partial charge in [0.25, 0.3) is 0 Å². The molecule has 0 bridgehead atoms. The standard InChI is InChI=1S/C14H19N5O2/c15-9-19-4-1-11(8-19)14(20)16-13-7-12(17-18-13)10-2-5-21-6-3-10/h7,10-11H,1-6,8H2,(H2,16,17,18,20). The van der Waals surface area contributed by atoms with Gasteiger partial charge in [0.2, 0.25) is 5.91 Å². The molecule has 1 aromatic heterocycles. The first-order chi connectivity index (χ1) is 10.3. The minimum absolute atomic E-state index is 0.0576. The van der Waals surface area contributed by atoms with Gasteiger partial charge in [-0.3, -0.25) is 9.89 Å². The molecule has 1 unspecified atom stereocenters. The Morgan fingerprint density at radius 3 is 3.00 bits per heavy atom. The maximum atomic E-state index is 12.1. The Labute approximate surface area is 123 Å². The number of nitriles is 1. The number of amides is 1. The van der Waals surface area contributed by atoms with E-state index in [0.717, 1.165) is 38.2 Å².